The third-order valence-electron chi connectivity index (χ3n) is 3.82. The highest BCUT2D eigenvalue weighted by atomic mass is 19.4. The zero-order valence-corrected chi connectivity index (χ0v) is 13.3. The Balaban J connectivity index is 1.86. The first-order chi connectivity index (χ1) is 11.8. The van der Waals surface area contributed by atoms with E-state index in [1.54, 1.807) is 0 Å². The van der Waals surface area contributed by atoms with Crippen LogP contribution in [-0.4, -0.2) is 42.2 Å². The van der Waals surface area contributed by atoms with Crippen molar-refractivity contribution in [1.29, 1.82) is 0 Å². The van der Waals surface area contributed by atoms with Crippen LogP contribution in [-0.2, 0) is 15.7 Å². The van der Waals surface area contributed by atoms with E-state index in [2.05, 4.69) is 15.5 Å². The first-order valence-electron chi connectivity index (χ1n) is 7.71. The Hall–Kier alpha value is -2.36. The molecule has 0 saturated carbocycles. The molecule has 25 heavy (non-hydrogen) atoms. The van der Waals surface area contributed by atoms with Crippen LogP contribution >= 0.6 is 0 Å². The summed E-state index contributed by atoms with van der Waals surface area (Å²) in [5.74, 6) is -0.513. The van der Waals surface area contributed by atoms with Crippen LogP contribution in [0, 0.1) is 0 Å². The number of pyridine rings is 1. The fourth-order valence-corrected chi connectivity index (χ4v) is 2.60. The zero-order valence-electron chi connectivity index (χ0n) is 13.3. The quantitative estimate of drug-likeness (QED) is 0.893. The van der Waals surface area contributed by atoms with E-state index in [4.69, 9.17) is 14.2 Å². The molecule has 3 heterocycles. The molecule has 2 atom stereocenters. The lowest BCUT2D eigenvalue weighted by Crippen LogP contribution is -2.37. The highest BCUT2D eigenvalue weighted by Crippen LogP contribution is 2.36. The van der Waals surface area contributed by atoms with E-state index in [9.17, 15) is 18.0 Å². The summed E-state index contributed by atoms with van der Waals surface area (Å²) >= 11 is 0. The minimum atomic E-state index is -4.66. The topological polar surface area (TPSA) is 82.0 Å². The zero-order chi connectivity index (χ0) is 18.0. The maximum atomic E-state index is 13.4. The highest BCUT2D eigenvalue weighted by Gasteiger charge is 2.37. The van der Waals surface area contributed by atoms with Crippen LogP contribution in [0.5, 0.6) is 5.88 Å². The molecular weight excluding hydrogens is 343 g/mol. The number of rotatable bonds is 4. The third-order valence-corrected chi connectivity index (χ3v) is 3.82. The molecule has 2 aliphatic rings. The van der Waals surface area contributed by atoms with Gasteiger partial charge in [-0.25, -0.2) is 15.2 Å². The molecule has 0 spiro atoms. The van der Waals surface area contributed by atoms with Crippen molar-refractivity contribution in [2.45, 2.75) is 38.1 Å². The average molecular weight is 359 g/mol. The number of hydrogen-bond acceptors (Lipinski definition) is 6. The number of carbonyl (C=O) groups excluding carboxylic acids is 1. The first kappa shape index (κ1) is 17.5. The van der Waals surface area contributed by atoms with Gasteiger partial charge in [-0.3, -0.25) is 0 Å². The normalized spacial score (nSPS) is 23.7. The fourth-order valence-electron chi connectivity index (χ4n) is 2.60. The van der Waals surface area contributed by atoms with Gasteiger partial charge in [0.15, 0.2) is 0 Å². The summed E-state index contributed by atoms with van der Waals surface area (Å²) in [6.45, 7) is 2.09. The van der Waals surface area contributed by atoms with Crippen molar-refractivity contribution < 1.29 is 32.2 Å². The molecule has 1 aromatic rings. The second-order valence-corrected chi connectivity index (χ2v) is 5.68. The molecule has 10 heteroatoms. The summed E-state index contributed by atoms with van der Waals surface area (Å²) in [6, 6.07) is 0.883. The summed E-state index contributed by atoms with van der Waals surface area (Å²) in [5.41, 5.74) is 1.28. The second-order valence-electron chi connectivity index (χ2n) is 5.68. The number of hydrogen-bond donors (Lipinski definition) is 1. The number of halogens is 3. The molecule has 0 radical (unpaired) electrons. The Morgan fingerprint density at radius 1 is 1.44 bits per heavy atom. The Morgan fingerprint density at radius 3 is 2.88 bits per heavy atom. The van der Waals surface area contributed by atoms with Gasteiger partial charge in [0, 0.05) is 18.4 Å². The molecule has 1 fully saturated rings. The van der Waals surface area contributed by atoms with E-state index in [-0.39, 0.29) is 24.0 Å². The predicted molar refractivity (Wildman–Crippen MR) is 79.3 cm³/mol. The summed E-state index contributed by atoms with van der Waals surface area (Å²) in [5, 5.41) is 3.75. The lowest BCUT2D eigenvalue weighted by molar-refractivity contribution is -0.139. The van der Waals surface area contributed by atoms with Crippen molar-refractivity contribution in [3.63, 3.8) is 0 Å². The van der Waals surface area contributed by atoms with Crippen LogP contribution in [0.4, 0.5) is 18.0 Å². The van der Waals surface area contributed by atoms with Crippen LogP contribution < -0.4 is 10.2 Å². The monoisotopic (exact) mass is 359 g/mol. The largest absolute Gasteiger partial charge is 0.474 e. The lowest BCUT2D eigenvalue weighted by atomic mass is 10.1. The summed E-state index contributed by atoms with van der Waals surface area (Å²) in [7, 11) is 0. The maximum absolute atomic E-state index is 13.4. The molecule has 136 valence electrons. The molecule has 0 aliphatic carbocycles. The lowest BCUT2D eigenvalue weighted by Gasteiger charge is -2.21. The molecule has 7 nitrogen and oxygen atoms in total. The Labute approximate surface area is 141 Å². The van der Waals surface area contributed by atoms with Gasteiger partial charge in [0.25, 0.3) is 0 Å². The van der Waals surface area contributed by atoms with Gasteiger partial charge in [-0.05, 0) is 25.8 Å². The van der Waals surface area contributed by atoms with Crippen molar-refractivity contribution in [2.24, 2.45) is 5.10 Å². The van der Waals surface area contributed by atoms with Crippen LogP contribution in [0.25, 0.3) is 0 Å². The minimum Gasteiger partial charge on any atom is -0.474 e. The molecule has 2 aliphatic heterocycles. The SMILES string of the molecule is CC1OC(=O)NN=C1c1cnc(OCC2CCCO2)c(C(F)(F)F)c1. The number of aromatic nitrogens is 1. The van der Waals surface area contributed by atoms with E-state index in [0.717, 1.165) is 18.9 Å². The van der Waals surface area contributed by atoms with Gasteiger partial charge in [-0.15, -0.1) is 0 Å². The molecule has 3 rings (SSSR count). The fraction of sp³-hybridized carbons (Fsp3) is 0.533. The molecular formula is C15H16F3N3O4. The van der Waals surface area contributed by atoms with E-state index in [0.29, 0.717) is 6.61 Å². The Morgan fingerprint density at radius 2 is 2.24 bits per heavy atom. The van der Waals surface area contributed by atoms with Gasteiger partial charge in [-0.2, -0.15) is 18.3 Å². The number of amides is 1. The van der Waals surface area contributed by atoms with Crippen molar-refractivity contribution in [3.05, 3.63) is 23.4 Å². The van der Waals surface area contributed by atoms with Crippen molar-refractivity contribution in [2.75, 3.05) is 13.2 Å². The molecule has 1 amide bonds. The minimum absolute atomic E-state index is 0.00590. The smallest absolute Gasteiger partial charge is 0.428 e. The number of hydrazone groups is 1. The van der Waals surface area contributed by atoms with E-state index < -0.39 is 29.8 Å². The number of nitrogens with one attached hydrogen (secondary N) is 1. The van der Waals surface area contributed by atoms with E-state index in [1.807, 2.05) is 0 Å². The Kier molecular flexibility index (Phi) is 4.80. The van der Waals surface area contributed by atoms with Gasteiger partial charge in [0.2, 0.25) is 5.88 Å². The number of ether oxygens (including phenoxy) is 3. The van der Waals surface area contributed by atoms with Gasteiger partial charge in [-0.1, -0.05) is 0 Å². The molecule has 0 bridgehead atoms. The third kappa shape index (κ3) is 4.01. The molecule has 2 unspecified atom stereocenters. The number of nitrogens with zero attached hydrogens (tertiary/aromatic N) is 2. The number of cyclic esters (lactones) is 1. The van der Waals surface area contributed by atoms with Crippen LogP contribution in [0.3, 0.4) is 0 Å². The van der Waals surface area contributed by atoms with Gasteiger partial charge in [0.1, 0.15) is 24.0 Å². The Bertz CT molecular complexity index is 687. The van der Waals surface area contributed by atoms with E-state index in [1.165, 1.54) is 13.1 Å². The number of alkyl halides is 3. The summed E-state index contributed by atoms with van der Waals surface area (Å²) < 4.78 is 55.5. The standard InChI is InChI=1S/C15H16F3N3O4/c1-8-12(20-21-14(22)25-8)9-5-11(15(16,17)18)13(19-6-9)24-7-10-3-2-4-23-10/h5-6,8,10H,2-4,7H2,1H3,(H,21,22). The summed E-state index contributed by atoms with van der Waals surface area (Å²) in [6.07, 6.45) is -3.64. The molecule has 1 aromatic heterocycles. The number of carbonyl (C=O) groups is 1. The molecule has 1 saturated heterocycles. The van der Waals surface area contributed by atoms with E-state index >= 15 is 0 Å². The van der Waals surface area contributed by atoms with Crippen molar-refractivity contribution >= 4 is 11.8 Å². The maximum Gasteiger partial charge on any atom is 0.428 e. The van der Waals surface area contributed by atoms with Gasteiger partial charge >= 0.3 is 12.3 Å². The molecule has 1 N–H and O–H groups in total. The highest BCUT2D eigenvalue weighted by molar-refractivity contribution is 6.05. The van der Waals surface area contributed by atoms with Crippen LogP contribution in [0.1, 0.15) is 30.9 Å². The molecule has 0 aromatic carbocycles. The van der Waals surface area contributed by atoms with Gasteiger partial charge < -0.3 is 14.2 Å². The average Bonchev–Trinajstić information content (AvgIpc) is 3.05. The van der Waals surface area contributed by atoms with Crippen molar-refractivity contribution in [3.8, 4) is 5.88 Å². The first-order valence-corrected chi connectivity index (χ1v) is 7.71. The van der Waals surface area contributed by atoms with Crippen LogP contribution in [0.15, 0.2) is 17.4 Å². The summed E-state index contributed by atoms with van der Waals surface area (Å²) in [4.78, 5) is 14.9. The van der Waals surface area contributed by atoms with Gasteiger partial charge in [0.05, 0.1) is 6.10 Å². The van der Waals surface area contributed by atoms with Crippen LogP contribution in [0.2, 0.25) is 0 Å². The van der Waals surface area contributed by atoms with Crippen molar-refractivity contribution in [1.82, 2.24) is 10.4 Å². The predicted octanol–water partition coefficient (Wildman–Crippen LogP) is 2.49. The second kappa shape index (κ2) is 6.87.